The van der Waals surface area contributed by atoms with Crippen LogP contribution in [0.25, 0.3) is 0 Å². The molecular weight excluding hydrogens is 246 g/mol. The van der Waals surface area contributed by atoms with E-state index in [0.29, 0.717) is 6.04 Å². The van der Waals surface area contributed by atoms with Crippen LogP contribution in [0.1, 0.15) is 12.5 Å². The van der Waals surface area contributed by atoms with Crippen molar-refractivity contribution in [3.8, 4) is 0 Å². The molecule has 1 fully saturated rings. The van der Waals surface area contributed by atoms with Crippen molar-refractivity contribution in [2.24, 2.45) is 5.73 Å². The number of anilines is 1. The van der Waals surface area contributed by atoms with Gasteiger partial charge in [-0.3, -0.25) is 4.90 Å². The van der Waals surface area contributed by atoms with Gasteiger partial charge in [-0.15, -0.1) is 0 Å². The highest BCUT2D eigenvalue weighted by Crippen LogP contribution is 2.27. The molecule has 1 atom stereocenters. The fourth-order valence-electron chi connectivity index (χ4n) is 2.49. The van der Waals surface area contributed by atoms with Crippen molar-refractivity contribution in [2.75, 3.05) is 37.6 Å². The minimum Gasteiger partial charge on any atom is -0.369 e. The standard InChI is InChI=1S/C14H22ClN3/c1-11(10-16)17-6-8-18(9-7-17)14-5-3-4-13(15)12(14)2/h3-5,11H,6-10,16H2,1-2H3. The maximum absolute atomic E-state index is 6.18. The highest BCUT2D eigenvalue weighted by Gasteiger charge is 2.21. The summed E-state index contributed by atoms with van der Waals surface area (Å²) in [6.45, 7) is 9.26. The van der Waals surface area contributed by atoms with Gasteiger partial charge in [0.15, 0.2) is 0 Å². The van der Waals surface area contributed by atoms with Gasteiger partial charge in [-0.05, 0) is 31.5 Å². The quantitative estimate of drug-likeness (QED) is 0.911. The average Bonchev–Trinajstić information content (AvgIpc) is 2.41. The summed E-state index contributed by atoms with van der Waals surface area (Å²) in [5, 5.41) is 0.852. The Bertz CT molecular complexity index is 400. The molecule has 1 aromatic carbocycles. The van der Waals surface area contributed by atoms with Crippen LogP contribution in [-0.2, 0) is 0 Å². The van der Waals surface area contributed by atoms with E-state index in [4.69, 9.17) is 17.3 Å². The van der Waals surface area contributed by atoms with Crippen LogP contribution in [0, 0.1) is 6.92 Å². The first kappa shape index (κ1) is 13.7. The SMILES string of the molecule is Cc1c(Cl)cccc1N1CCN(C(C)CN)CC1. The fourth-order valence-corrected chi connectivity index (χ4v) is 2.66. The predicted octanol–water partition coefficient (Wildman–Crippen LogP) is 2.12. The Morgan fingerprint density at radius 1 is 1.28 bits per heavy atom. The third-order valence-electron chi connectivity index (χ3n) is 3.86. The number of halogens is 1. The molecule has 0 bridgehead atoms. The van der Waals surface area contributed by atoms with E-state index in [-0.39, 0.29) is 0 Å². The van der Waals surface area contributed by atoms with Gasteiger partial charge in [-0.2, -0.15) is 0 Å². The summed E-state index contributed by atoms with van der Waals surface area (Å²) in [5.74, 6) is 0. The Kier molecular flexibility index (Phi) is 4.49. The number of nitrogens with two attached hydrogens (primary N) is 1. The largest absolute Gasteiger partial charge is 0.369 e. The van der Waals surface area contributed by atoms with Gasteiger partial charge in [0.05, 0.1) is 0 Å². The maximum atomic E-state index is 6.18. The van der Waals surface area contributed by atoms with E-state index in [2.05, 4.69) is 29.7 Å². The Labute approximate surface area is 115 Å². The average molecular weight is 268 g/mol. The Balaban J connectivity index is 2.03. The molecular formula is C14H22ClN3. The molecule has 0 spiro atoms. The van der Waals surface area contributed by atoms with Crippen molar-refractivity contribution in [3.05, 3.63) is 28.8 Å². The van der Waals surface area contributed by atoms with Crippen molar-refractivity contribution < 1.29 is 0 Å². The molecule has 1 unspecified atom stereocenters. The van der Waals surface area contributed by atoms with E-state index in [0.717, 1.165) is 37.7 Å². The summed E-state index contributed by atoms with van der Waals surface area (Å²) < 4.78 is 0. The molecule has 1 aliphatic heterocycles. The monoisotopic (exact) mass is 267 g/mol. The molecule has 1 aliphatic rings. The molecule has 0 aromatic heterocycles. The normalized spacial score (nSPS) is 19.0. The second kappa shape index (κ2) is 5.91. The molecule has 4 heteroatoms. The molecule has 100 valence electrons. The molecule has 2 N–H and O–H groups in total. The Hall–Kier alpha value is -0.770. The lowest BCUT2D eigenvalue weighted by Gasteiger charge is -2.39. The van der Waals surface area contributed by atoms with Crippen LogP contribution >= 0.6 is 11.6 Å². The lowest BCUT2D eigenvalue weighted by molar-refractivity contribution is 0.201. The summed E-state index contributed by atoms with van der Waals surface area (Å²) in [4.78, 5) is 4.87. The molecule has 0 amide bonds. The molecule has 2 rings (SSSR count). The number of hydrogen-bond donors (Lipinski definition) is 1. The number of benzene rings is 1. The molecule has 0 radical (unpaired) electrons. The highest BCUT2D eigenvalue weighted by atomic mass is 35.5. The van der Waals surface area contributed by atoms with E-state index in [1.54, 1.807) is 0 Å². The second-order valence-electron chi connectivity index (χ2n) is 4.99. The topological polar surface area (TPSA) is 32.5 Å². The molecule has 3 nitrogen and oxygen atoms in total. The van der Waals surface area contributed by atoms with Crippen molar-refractivity contribution in [3.63, 3.8) is 0 Å². The smallest absolute Gasteiger partial charge is 0.0455 e. The number of hydrogen-bond acceptors (Lipinski definition) is 3. The Morgan fingerprint density at radius 3 is 2.56 bits per heavy atom. The van der Waals surface area contributed by atoms with Gasteiger partial charge in [0.1, 0.15) is 0 Å². The van der Waals surface area contributed by atoms with E-state index in [9.17, 15) is 0 Å². The molecule has 18 heavy (non-hydrogen) atoms. The van der Waals surface area contributed by atoms with Crippen molar-refractivity contribution >= 4 is 17.3 Å². The molecule has 1 saturated heterocycles. The number of nitrogens with zero attached hydrogens (tertiary/aromatic N) is 2. The van der Waals surface area contributed by atoms with E-state index >= 15 is 0 Å². The zero-order chi connectivity index (χ0) is 13.1. The molecule has 1 aromatic rings. The van der Waals surface area contributed by atoms with Gasteiger partial charge in [-0.1, -0.05) is 17.7 Å². The third-order valence-corrected chi connectivity index (χ3v) is 4.27. The van der Waals surface area contributed by atoms with Gasteiger partial charge < -0.3 is 10.6 Å². The van der Waals surface area contributed by atoms with Crippen LogP contribution < -0.4 is 10.6 Å². The summed E-state index contributed by atoms with van der Waals surface area (Å²) >= 11 is 6.18. The van der Waals surface area contributed by atoms with Gasteiger partial charge >= 0.3 is 0 Å². The van der Waals surface area contributed by atoms with Gasteiger partial charge in [0.25, 0.3) is 0 Å². The predicted molar refractivity (Wildman–Crippen MR) is 78.5 cm³/mol. The molecule has 1 heterocycles. The lowest BCUT2D eigenvalue weighted by Crippen LogP contribution is -2.51. The second-order valence-corrected chi connectivity index (χ2v) is 5.40. The third kappa shape index (κ3) is 2.79. The molecule has 0 aliphatic carbocycles. The lowest BCUT2D eigenvalue weighted by atomic mass is 10.1. The first-order valence-electron chi connectivity index (χ1n) is 6.57. The van der Waals surface area contributed by atoms with E-state index in [1.807, 2.05) is 12.1 Å². The molecule has 0 saturated carbocycles. The number of piperazine rings is 1. The summed E-state index contributed by atoms with van der Waals surface area (Å²) in [5.41, 5.74) is 8.17. The van der Waals surface area contributed by atoms with Crippen LogP contribution in [0.15, 0.2) is 18.2 Å². The van der Waals surface area contributed by atoms with Crippen molar-refractivity contribution in [2.45, 2.75) is 19.9 Å². The summed E-state index contributed by atoms with van der Waals surface area (Å²) in [6.07, 6.45) is 0. The zero-order valence-electron chi connectivity index (χ0n) is 11.2. The Morgan fingerprint density at radius 2 is 1.94 bits per heavy atom. The number of rotatable bonds is 3. The van der Waals surface area contributed by atoms with Crippen LogP contribution in [0.5, 0.6) is 0 Å². The highest BCUT2D eigenvalue weighted by molar-refractivity contribution is 6.31. The maximum Gasteiger partial charge on any atom is 0.0455 e. The first-order chi connectivity index (χ1) is 8.63. The van der Waals surface area contributed by atoms with E-state index < -0.39 is 0 Å². The fraction of sp³-hybridized carbons (Fsp3) is 0.571. The minimum atomic E-state index is 0.479. The van der Waals surface area contributed by atoms with Crippen molar-refractivity contribution in [1.29, 1.82) is 0 Å². The minimum absolute atomic E-state index is 0.479. The van der Waals surface area contributed by atoms with Crippen LogP contribution in [0.4, 0.5) is 5.69 Å². The van der Waals surface area contributed by atoms with Crippen LogP contribution in [0.3, 0.4) is 0 Å². The van der Waals surface area contributed by atoms with Crippen LogP contribution in [-0.4, -0.2) is 43.7 Å². The van der Waals surface area contributed by atoms with Gasteiger partial charge in [0, 0.05) is 49.5 Å². The van der Waals surface area contributed by atoms with Crippen LogP contribution in [0.2, 0.25) is 5.02 Å². The van der Waals surface area contributed by atoms with Gasteiger partial charge in [0.2, 0.25) is 0 Å². The summed E-state index contributed by atoms with van der Waals surface area (Å²) in [6, 6.07) is 6.61. The zero-order valence-corrected chi connectivity index (χ0v) is 12.0. The van der Waals surface area contributed by atoms with Gasteiger partial charge in [-0.25, -0.2) is 0 Å². The summed E-state index contributed by atoms with van der Waals surface area (Å²) in [7, 11) is 0. The first-order valence-corrected chi connectivity index (χ1v) is 6.95. The van der Waals surface area contributed by atoms with E-state index in [1.165, 1.54) is 11.3 Å². The van der Waals surface area contributed by atoms with Crippen molar-refractivity contribution in [1.82, 2.24) is 4.90 Å².